The first kappa shape index (κ1) is 12.3. The van der Waals surface area contributed by atoms with E-state index in [4.69, 9.17) is 4.98 Å². The maximum atomic E-state index is 4.79. The van der Waals surface area contributed by atoms with Crippen LogP contribution < -0.4 is 0 Å². The third-order valence-corrected chi connectivity index (χ3v) is 4.24. The van der Waals surface area contributed by atoms with Gasteiger partial charge in [0.2, 0.25) is 0 Å². The summed E-state index contributed by atoms with van der Waals surface area (Å²) in [7, 11) is 0. The van der Waals surface area contributed by atoms with E-state index in [2.05, 4.69) is 50.4 Å². The van der Waals surface area contributed by atoms with Crippen LogP contribution in [0.1, 0.15) is 38.6 Å². The summed E-state index contributed by atoms with van der Waals surface area (Å²) in [6.45, 7) is 6.79. The van der Waals surface area contributed by atoms with Gasteiger partial charge in [-0.2, -0.15) is 0 Å². The Hall–Kier alpha value is -1.15. The molecule has 1 aromatic carbocycles. The highest BCUT2D eigenvalue weighted by atomic mass is 32.1. The van der Waals surface area contributed by atoms with Gasteiger partial charge in [0.1, 0.15) is 0 Å². The van der Waals surface area contributed by atoms with Gasteiger partial charge in [-0.15, -0.1) is 11.3 Å². The molecule has 0 amide bonds. The summed E-state index contributed by atoms with van der Waals surface area (Å²) in [5.74, 6) is 0. The zero-order valence-electron chi connectivity index (χ0n) is 10.7. The Kier molecular flexibility index (Phi) is 3.63. The van der Waals surface area contributed by atoms with Crippen molar-refractivity contribution < 1.29 is 0 Å². The molecule has 2 heteroatoms. The third kappa shape index (κ3) is 2.75. The summed E-state index contributed by atoms with van der Waals surface area (Å²) in [4.78, 5) is 4.79. The molecule has 0 aliphatic carbocycles. The first-order valence-corrected chi connectivity index (χ1v) is 7.03. The molecule has 90 valence electrons. The van der Waals surface area contributed by atoms with Crippen LogP contribution in [0.15, 0.2) is 35.7 Å². The normalized spacial score (nSPS) is 11.7. The van der Waals surface area contributed by atoms with Crippen LogP contribution in [0.5, 0.6) is 0 Å². The van der Waals surface area contributed by atoms with E-state index in [0.717, 1.165) is 5.69 Å². The van der Waals surface area contributed by atoms with Gasteiger partial charge < -0.3 is 0 Å². The highest BCUT2D eigenvalue weighted by molar-refractivity contribution is 7.10. The number of rotatable bonds is 4. The van der Waals surface area contributed by atoms with Crippen molar-refractivity contribution in [2.45, 2.75) is 39.0 Å². The Morgan fingerprint density at radius 1 is 1.18 bits per heavy atom. The van der Waals surface area contributed by atoms with Gasteiger partial charge in [-0.05, 0) is 6.42 Å². The molecule has 1 heterocycles. The van der Waals surface area contributed by atoms with Crippen LogP contribution in [0, 0.1) is 0 Å². The summed E-state index contributed by atoms with van der Waals surface area (Å²) in [5, 5.41) is 3.42. The topological polar surface area (TPSA) is 12.9 Å². The lowest BCUT2D eigenvalue weighted by molar-refractivity contribution is 0.471. The average Bonchev–Trinajstić information content (AvgIpc) is 2.80. The SMILES string of the molecule is CCCC(C)(C)c1nc(-c2ccccc2)cs1. The molecule has 1 nitrogen and oxygen atoms in total. The fraction of sp³-hybridized carbons (Fsp3) is 0.400. The molecule has 0 N–H and O–H groups in total. The van der Waals surface area contributed by atoms with Gasteiger partial charge >= 0.3 is 0 Å². The van der Waals surface area contributed by atoms with Crippen LogP contribution in [0.25, 0.3) is 11.3 Å². The van der Waals surface area contributed by atoms with E-state index in [1.807, 2.05) is 6.07 Å². The monoisotopic (exact) mass is 245 g/mol. The van der Waals surface area contributed by atoms with Crippen LogP contribution in [0.2, 0.25) is 0 Å². The van der Waals surface area contributed by atoms with E-state index in [0.29, 0.717) is 0 Å². The Morgan fingerprint density at radius 2 is 1.88 bits per heavy atom. The summed E-state index contributed by atoms with van der Waals surface area (Å²) < 4.78 is 0. The summed E-state index contributed by atoms with van der Waals surface area (Å²) >= 11 is 1.78. The lowest BCUT2D eigenvalue weighted by Gasteiger charge is -2.20. The van der Waals surface area contributed by atoms with E-state index >= 15 is 0 Å². The van der Waals surface area contributed by atoms with Gasteiger partial charge in [-0.3, -0.25) is 0 Å². The molecule has 0 aliphatic heterocycles. The predicted molar refractivity (Wildman–Crippen MR) is 75.5 cm³/mol. The number of benzene rings is 1. The van der Waals surface area contributed by atoms with Crippen LogP contribution in [0.3, 0.4) is 0 Å². The largest absolute Gasteiger partial charge is 0.241 e. The molecule has 0 bridgehead atoms. The van der Waals surface area contributed by atoms with Crippen molar-refractivity contribution in [2.24, 2.45) is 0 Å². The van der Waals surface area contributed by atoms with Crippen molar-refractivity contribution in [2.75, 3.05) is 0 Å². The minimum Gasteiger partial charge on any atom is -0.241 e. The van der Waals surface area contributed by atoms with Gasteiger partial charge in [0.25, 0.3) is 0 Å². The molecular formula is C15H19NS. The van der Waals surface area contributed by atoms with Gasteiger partial charge in [-0.1, -0.05) is 57.5 Å². The fourth-order valence-corrected chi connectivity index (χ4v) is 3.04. The van der Waals surface area contributed by atoms with Crippen molar-refractivity contribution in [1.82, 2.24) is 4.98 Å². The Balaban J connectivity index is 2.28. The number of hydrogen-bond donors (Lipinski definition) is 0. The van der Waals surface area contributed by atoms with Crippen LogP contribution in [-0.2, 0) is 5.41 Å². The van der Waals surface area contributed by atoms with Gasteiger partial charge in [0.15, 0.2) is 0 Å². The third-order valence-electron chi connectivity index (χ3n) is 3.03. The number of aromatic nitrogens is 1. The lowest BCUT2D eigenvalue weighted by Crippen LogP contribution is -2.16. The Bertz CT molecular complexity index is 471. The molecule has 17 heavy (non-hydrogen) atoms. The highest BCUT2D eigenvalue weighted by Gasteiger charge is 2.23. The van der Waals surface area contributed by atoms with Crippen molar-refractivity contribution >= 4 is 11.3 Å². The molecule has 0 saturated heterocycles. The summed E-state index contributed by atoms with van der Waals surface area (Å²) in [5.41, 5.74) is 2.52. The zero-order chi connectivity index (χ0) is 12.3. The number of hydrogen-bond acceptors (Lipinski definition) is 2. The maximum absolute atomic E-state index is 4.79. The molecule has 0 atom stereocenters. The average molecular weight is 245 g/mol. The maximum Gasteiger partial charge on any atom is 0.0988 e. The molecule has 0 spiro atoms. The molecule has 0 saturated carbocycles. The zero-order valence-corrected chi connectivity index (χ0v) is 11.6. The molecule has 1 aromatic heterocycles. The second-order valence-electron chi connectivity index (χ2n) is 5.04. The van der Waals surface area contributed by atoms with Gasteiger partial charge in [0, 0.05) is 16.4 Å². The second-order valence-corrected chi connectivity index (χ2v) is 5.90. The fourth-order valence-electron chi connectivity index (χ4n) is 2.06. The summed E-state index contributed by atoms with van der Waals surface area (Å²) in [6, 6.07) is 10.4. The highest BCUT2D eigenvalue weighted by Crippen LogP contribution is 2.33. The standard InChI is InChI=1S/C15H19NS/c1-4-10-15(2,3)14-16-13(11-17-14)12-8-6-5-7-9-12/h5-9,11H,4,10H2,1-3H3. The van der Waals surface area contributed by atoms with Crippen LogP contribution in [0.4, 0.5) is 0 Å². The van der Waals surface area contributed by atoms with Gasteiger partial charge in [0.05, 0.1) is 10.7 Å². The lowest BCUT2D eigenvalue weighted by atomic mass is 9.89. The first-order valence-electron chi connectivity index (χ1n) is 6.15. The predicted octanol–water partition coefficient (Wildman–Crippen LogP) is 4.89. The molecule has 0 unspecified atom stereocenters. The van der Waals surface area contributed by atoms with Crippen molar-refractivity contribution in [1.29, 1.82) is 0 Å². The van der Waals surface area contributed by atoms with E-state index in [1.54, 1.807) is 11.3 Å². The van der Waals surface area contributed by atoms with Crippen molar-refractivity contribution in [3.05, 3.63) is 40.7 Å². The van der Waals surface area contributed by atoms with Crippen molar-refractivity contribution in [3.63, 3.8) is 0 Å². The Morgan fingerprint density at radius 3 is 2.53 bits per heavy atom. The molecule has 0 aliphatic rings. The van der Waals surface area contributed by atoms with Crippen LogP contribution >= 0.6 is 11.3 Å². The number of thiazole rings is 1. The van der Waals surface area contributed by atoms with Crippen LogP contribution in [-0.4, -0.2) is 4.98 Å². The molecule has 0 fully saturated rings. The molecular weight excluding hydrogens is 226 g/mol. The van der Waals surface area contributed by atoms with Gasteiger partial charge in [-0.25, -0.2) is 4.98 Å². The van der Waals surface area contributed by atoms with E-state index in [9.17, 15) is 0 Å². The minimum absolute atomic E-state index is 0.201. The Labute approximate surface area is 108 Å². The molecule has 0 radical (unpaired) electrons. The minimum atomic E-state index is 0.201. The van der Waals surface area contributed by atoms with E-state index < -0.39 is 0 Å². The second kappa shape index (κ2) is 5.01. The molecule has 2 rings (SSSR count). The van der Waals surface area contributed by atoms with E-state index in [1.165, 1.54) is 23.4 Å². The van der Waals surface area contributed by atoms with E-state index in [-0.39, 0.29) is 5.41 Å². The molecule has 2 aromatic rings. The number of nitrogens with zero attached hydrogens (tertiary/aromatic N) is 1. The first-order chi connectivity index (χ1) is 8.13. The van der Waals surface area contributed by atoms with Crippen molar-refractivity contribution in [3.8, 4) is 11.3 Å². The quantitative estimate of drug-likeness (QED) is 0.747. The smallest absolute Gasteiger partial charge is 0.0988 e. The summed E-state index contributed by atoms with van der Waals surface area (Å²) in [6.07, 6.45) is 2.39.